The molecular weight excluding hydrogens is 389 g/mol. The van der Waals surface area contributed by atoms with E-state index >= 15 is 0 Å². The second-order valence-corrected chi connectivity index (χ2v) is 6.77. The minimum atomic E-state index is -0.655. The minimum Gasteiger partial charge on any atom is -0.452 e. The van der Waals surface area contributed by atoms with Crippen LogP contribution in [0, 0.1) is 26.6 Å². The van der Waals surface area contributed by atoms with E-state index < -0.39 is 24.3 Å². The topological polar surface area (TPSA) is 86.4 Å². The Kier molecular flexibility index (Phi) is 6.46. The van der Waals surface area contributed by atoms with E-state index in [9.17, 15) is 14.0 Å². The summed E-state index contributed by atoms with van der Waals surface area (Å²) < 4.78 is 25.5. The molecule has 0 fully saturated rings. The number of nitrogens with one attached hydrogen (secondary N) is 1. The number of aromatic nitrogens is 2. The second kappa shape index (κ2) is 9.21. The molecule has 0 aliphatic rings. The lowest BCUT2D eigenvalue weighted by Gasteiger charge is -2.06. The number of aryl methyl sites for hydroxylation is 2. The predicted octanol–water partition coefficient (Wildman–Crippen LogP) is 3.40. The standard InChI is InChI=1S/C22H22FN3O4/c1-14-10-17(16(3)26(14)20-11-15(2)30-25-20)8-9-22(28)29-13-21(27)24-12-18-6-4-5-7-19(18)23/h4-11H,12-13H2,1-3H3,(H,24,27)/b9-8+. The van der Waals surface area contributed by atoms with Crippen LogP contribution in [0.5, 0.6) is 0 Å². The molecule has 1 aromatic carbocycles. The Hall–Kier alpha value is -3.68. The first-order valence-electron chi connectivity index (χ1n) is 9.32. The van der Waals surface area contributed by atoms with Crippen molar-refractivity contribution in [2.24, 2.45) is 0 Å². The highest BCUT2D eigenvalue weighted by Crippen LogP contribution is 2.21. The third-order valence-electron chi connectivity index (χ3n) is 4.49. The van der Waals surface area contributed by atoms with Gasteiger partial charge < -0.3 is 14.6 Å². The third-order valence-corrected chi connectivity index (χ3v) is 4.49. The van der Waals surface area contributed by atoms with Gasteiger partial charge in [0.05, 0.1) is 0 Å². The van der Waals surface area contributed by atoms with Crippen molar-refractivity contribution < 1.29 is 23.2 Å². The maximum atomic E-state index is 13.5. The Morgan fingerprint density at radius 2 is 2.00 bits per heavy atom. The van der Waals surface area contributed by atoms with Crippen molar-refractivity contribution in [3.8, 4) is 5.82 Å². The van der Waals surface area contributed by atoms with Gasteiger partial charge in [0.25, 0.3) is 5.91 Å². The molecule has 30 heavy (non-hydrogen) atoms. The van der Waals surface area contributed by atoms with Crippen molar-refractivity contribution in [2.45, 2.75) is 27.3 Å². The molecule has 0 aliphatic carbocycles. The molecule has 3 aromatic rings. The minimum absolute atomic E-state index is 0.0202. The largest absolute Gasteiger partial charge is 0.452 e. The Morgan fingerprint density at radius 1 is 1.23 bits per heavy atom. The molecule has 1 amide bonds. The molecule has 7 nitrogen and oxygen atoms in total. The zero-order chi connectivity index (χ0) is 21.7. The quantitative estimate of drug-likeness (QED) is 0.476. The van der Waals surface area contributed by atoms with Crippen LogP contribution in [-0.4, -0.2) is 28.2 Å². The van der Waals surface area contributed by atoms with E-state index in [1.165, 1.54) is 12.1 Å². The summed E-state index contributed by atoms with van der Waals surface area (Å²) in [7, 11) is 0. The molecule has 0 unspecified atom stereocenters. The number of carbonyl (C=O) groups is 2. The zero-order valence-corrected chi connectivity index (χ0v) is 16.9. The van der Waals surface area contributed by atoms with Crippen LogP contribution in [0.3, 0.4) is 0 Å². The van der Waals surface area contributed by atoms with Crippen LogP contribution in [0.1, 0.15) is 28.3 Å². The fourth-order valence-corrected chi connectivity index (χ4v) is 3.00. The van der Waals surface area contributed by atoms with Crippen LogP contribution in [0.25, 0.3) is 11.9 Å². The number of rotatable bonds is 7. The smallest absolute Gasteiger partial charge is 0.331 e. The molecule has 156 valence electrons. The van der Waals surface area contributed by atoms with Crippen LogP contribution < -0.4 is 5.32 Å². The molecular formula is C22H22FN3O4. The molecule has 0 saturated carbocycles. The maximum absolute atomic E-state index is 13.5. The average molecular weight is 411 g/mol. The van der Waals surface area contributed by atoms with Gasteiger partial charge in [0, 0.05) is 35.6 Å². The highest BCUT2D eigenvalue weighted by atomic mass is 19.1. The van der Waals surface area contributed by atoms with Gasteiger partial charge in [-0.3, -0.25) is 9.36 Å². The van der Waals surface area contributed by atoms with Gasteiger partial charge in [-0.1, -0.05) is 23.4 Å². The molecule has 0 bridgehead atoms. The van der Waals surface area contributed by atoms with Gasteiger partial charge in [0.15, 0.2) is 12.4 Å². The van der Waals surface area contributed by atoms with Crippen molar-refractivity contribution in [3.63, 3.8) is 0 Å². The molecule has 0 radical (unpaired) electrons. The van der Waals surface area contributed by atoms with Crippen LogP contribution in [-0.2, 0) is 20.9 Å². The summed E-state index contributed by atoms with van der Waals surface area (Å²) in [4.78, 5) is 23.8. The third kappa shape index (κ3) is 5.02. The normalized spacial score (nSPS) is 11.1. The lowest BCUT2D eigenvalue weighted by molar-refractivity contribution is -0.143. The van der Waals surface area contributed by atoms with E-state index in [0.717, 1.165) is 17.0 Å². The van der Waals surface area contributed by atoms with E-state index in [1.807, 2.05) is 37.5 Å². The Morgan fingerprint density at radius 3 is 2.70 bits per heavy atom. The van der Waals surface area contributed by atoms with Crippen molar-refractivity contribution in [1.82, 2.24) is 15.0 Å². The number of carbonyl (C=O) groups excluding carboxylic acids is 2. The van der Waals surface area contributed by atoms with Gasteiger partial charge in [0.2, 0.25) is 0 Å². The molecule has 2 aromatic heterocycles. The highest BCUT2D eigenvalue weighted by Gasteiger charge is 2.13. The number of hydrogen-bond acceptors (Lipinski definition) is 5. The van der Waals surface area contributed by atoms with Crippen molar-refractivity contribution in [2.75, 3.05) is 6.61 Å². The number of hydrogen-bond donors (Lipinski definition) is 1. The Bertz CT molecular complexity index is 1100. The second-order valence-electron chi connectivity index (χ2n) is 6.77. The van der Waals surface area contributed by atoms with E-state index in [1.54, 1.807) is 24.3 Å². The number of halogens is 1. The van der Waals surface area contributed by atoms with Crippen LogP contribution in [0.2, 0.25) is 0 Å². The summed E-state index contributed by atoms with van der Waals surface area (Å²) in [5.74, 6) is -0.212. The van der Waals surface area contributed by atoms with Crippen molar-refractivity contribution in [1.29, 1.82) is 0 Å². The van der Waals surface area contributed by atoms with Gasteiger partial charge in [0.1, 0.15) is 11.6 Å². The van der Waals surface area contributed by atoms with Crippen LogP contribution in [0.4, 0.5) is 4.39 Å². The maximum Gasteiger partial charge on any atom is 0.331 e. The number of nitrogens with zero attached hydrogens (tertiary/aromatic N) is 2. The summed E-state index contributed by atoms with van der Waals surface area (Å²) in [5, 5.41) is 6.52. The van der Waals surface area contributed by atoms with E-state index in [2.05, 4.69) is 10.5 Å². The summed E-state index contributed by atoms with van der Waals surface area (Å²) in [5.41, 5.74) is 2.98. The van der Waals surface area contributed by atoms with Crippen LogP contribution in [0.15, 0.2) is 47.0 Å². The van der Waals surface area contributed by atoms with Gasteiger partial charge >= 0.3 is 5.97 Å². The van der Waals surface area contributed by atoms with Gasteiger partial charge in [-0.25, -0.2) is 9.18 Å². The SMILES string of the molecule is Cc1cc(-n2c(C)cc(/C=C/C(=O)OCC(=O)NCc3ccccc3F)c2C)no1. The number of ether oxygens (including phenoxy) is 1. The van der Waals surface area contributed by atoms with Crippen molar-refractivity contribution in [3.05, 3.63) is 76.6 Å². The molecule has 0 atom stereocenters. The average Bonchev–Trinajstić information content (AvgIpc) is 3.26. The molecule has 0 spiro atoms. The lowest BCUT2D eigenvalue weighted by Crippen LogP contribution is -2.28. The number of benzene rings is 1. The van der Waals surface area contributed by atoms with E-state index in [4.69, 9.17) is 9.26 Å². The van der Waals surface area contributed by atoms with Crippen LogP contribution >= 0.6 is 0 Å². The first-order chi connectivity index (χ1) is 14.3. The Labute approximate surface area is 173 Å². The molecule has 8 heteroatoms. The number of esters is 1. The first-order valence-corrected chi connectivity index (χ1v) is 9.32. The predicted molar refractivity (Wildman–Crippen MR) is 108 cm³/mol. The molecule has 0 saturated heterocycles. The lowest BCUT2D eigenvalue weighted by atomic mass is 10.2. The molecule has 3 rings (SSSR count). The van der Waals surface area contributed by atoms with E-state index in [-0.39, 0.29) is 6.54 Å². The van der Waals surface area contributed by atoms with Gasteiger partial charge in [-0.05, 0) is 44.5 Å². The van der Waals surface area contributed by atoms with Gasteiger partial charge in [-0.2, -0.15) is 0 Å². The van der Waals surface area contributed by atoms with Crippen molar-refractivity contribution >= 4 is 18.0 Å². The fraction of sp³-hybridized carbons (Fsp3) is 0.227. The molecule has 2 heterocycles. The fourth-order valence-electron chi connectivity index (χ4n) is 3.00. The monoisotopic (exact) mass is 411 g/mol. The Balaban J connectivity index is 1.54. The first kappa shape index (κ1) is 21.0. The summed E-state index contributed by atoms with van der Waals surface area (Å²) in [6.45, 7) is 5.21. The zero-order valence-electron chi connectivity index (χ0n) is 16.9. The summed E-state index contributed by atoms with van der Waals surface area (Å²) in [6, 6.07) is 9.86. The highest BCUT2D eigenvalue weighted by molar-refractivity contribution is 5.89. The summed E-state index contributed by atoms with van der Waals surface area (Å²) >= 11 is 0. The molecule has 1 N–H and O–H groups in total. The number of amides is 1. The van der Waals surface area contributed by atoms with E-state index in [0.29, 0.717) is 17.1 Å². The van der Waals surface area contributed by atoms with Gasteiger partial charge in [-0.15, -0.1) is 0 Å². The molecule has 0 aliphatic heterocycles. The summed E-state index contributed by atoms with van der Waals surface area (Å²) in [6.07, 6.45) is 2.87.